The van der Waals surface area contributed by atoms with Gasteiger partial charge in [0.05, 0.1) is 0 Å². The van der Waals surface area contributed by atoms with Crippen LogP contribution in [0, 0.1) is 0 Å². The molecule has 27 heavy (non-hydrogen) atoms. The Hall–Kier alpha value is -1.83. The van der Waals surface area contributed by atoms with Crippen molar-refractivity contribution in [2.45, 2.75) is 86.0 Å². The van der Waals surface area contributed by atoms with Gasteiger partial charge in [-0.3, -0.25) is 0 Å². The van der Waals surface area contributed by atoms with E-state index >= 15 is 0 Å². The quantitative estimate of drug-likeness (QED) is 0.264. The molecule has 0 amide bonds. The highest BCUT2D eigenvalue weighted by atomic mass is 16.5. The molecule has 0 aromatic heterocycles. The van der Waals surface area contributed by atoms with Crippen molar-refractivity contribution in [3.05, 3.63) is 58.2 Å². The second kappa shape index (κ2) is 13.4. The van der Waals surface area contributed by atoms with Gasteiger partial charge in [0.15, 0.2) is 0 Å². The SMILES string of the molecule is CC(C)=CCC/C(C)=C/CC/C(C)=C/CC/C(C)=C/CCC1=CCOC1=O. The number of hydrogen-bond acceptors (Lipinski definition) is 2. The maximum absolute atomic E-state index is 11.4. The fourth-order valence-electron chi connectivity index (χ4n) is 3.06. The highest BCUT2D eigenvalue weighted by Crippen LogP contribution is 2.16. The van der Waals surface area contributed by atoms with E-state index in [1.165, 1.54) is 28.7 Å². The molecule has 0 atom stereocenters. The van der Waals surface area contributed by atoms with E-state index in [0.717, 1.165) is 50.5 Å². The molecule has 0 spiro atoms. The summed E-state index contributed by atoms with van der Waals surface area (Å²) in [7, 11) is 0. The molecule has 0 bridgehead atoms. The Kier molecular flexibility index (Phi) is 11.5. The highest BCUT2D eigenvalue weighted by Gasteiger charge is 2.14. The van der Waals surface area contributed by atoms with Crippen molar-refractivity contribution >= 4 is 5.97 Å². The lowest BCUT2D eigenvalue weighted by Crippen LogP contribution is -1.98. The molecule has 0 radical (unpaired) electrons. The van der Waals surface area contributed by atoms with Gasteiger partial charge in [-0.25, -0.2) is 4.79 Å². The number of allylic oxidation sites excluding steroid dienone is 8. The van der Waals surface area contributed by atoms with Crippen LogP contribution in [-0.2, 0) is 9.53 Å². The van der Waals surface area contributed by atoms with Crippen LogP contribution in [0.2, 0.25) is 0 Å². The van der Waals surface area contributed by atoms with Gasteiger partial charge in [-0.2, -0.15) is 0 Å². The van der Waals surface area contributed by atoms with E-state index in [1.54, 1.807) is 0 Å². The van der Waals surface area contributed by atoms with E-state index in [2.05, 4.69) is 58.9 Å². The van der Waals surface area contributed by atoms with Crippen molar-refractivity contribution in [1.29, 1.82) is 0 Å². The van der Waals surface area contributed by atoms with E-state index < -0.39 is 0 Å². The Morgan fingerprint density at radius 1 is 0.815 bits per heavy atom. The molecule has 2 nitrogen and oxygen atoms in total. The summed E-state index contributed by atoms with van der Waals surface area (Å²) in [4.78, 5) is 11.4. The minimum absolute atomic E-state index is 0.138. The van der Waals surface area contributed by atoms with Crippen LogP contribution in [0.3, 0.4) is 0 Å². The number of carbonyl (C=O) groups is 1. The Bertz CT molecular complexity index is 623. The third-order valence-corrected chi connectivity index (χ3v) is 4.87. The number of carbonyl (C=O) groups excluding carboxylic acids is 1. The smallest absolute Gasteiger partial charge is 0.334 e. The summed E-state index contributed by atoms with van der Waals surface area (Å²) >= 11 is 0. The molecule has 1 rings (SSSR count). The zero-order valence-electron chi connectivity index (χ0n) is 18.1. The first kappa shape index (κ1) is 23.2. The first-order valence-corrected chi connectivity index (χ1v) is 10.3. The van der Waals surface area contributed by atoms with E-state index in [9.17, 15) is 4.79 Å². The van der Waals surface area contributed by atoms with Gasteiger partial charge in [-0.05, 0) is 92.1 Å². The zero-order valence-corrected chi connectivity index (χ0v) is 18.1. The van der Waals surface area contributed by atoms with Crippen molar-refractivity contribution in [2.75, 3.05) is 6.61 Å². The average Bonchev–Trinajstić information content (AvgIpc) is 2.99. The summed E-state index contributed by atoms with van der Waals surface area (Å²) in [6.07, 6.45) is 19.8. The minimum atomic E-state index is -0.138. The monoisotopic (exact) mass is 370 g/mol. The zero-order chi connectivity index (χ0) is 20.1. The number of cyclic esters (lactones) is 1. The first-order chi connectivity index (χ1) is 12.9. The van der Waals surface area contributed by atoms with Gasteiger partial charge < -0.3 is 4.74 Å². The predicted molar refractivity (Wildman–Crippen MR) is 117 cm³/mol. The maximum atomic E-state index is 11.4. The van der Waals surface area contributed by atoms with Crippen molar-refractivity contribution in [1.82, 2.24) is 0 Å². The van der Waals surface area contributed by atoms with Gasteiger partial charge in [0.1, 0.15) is 6.61 Å². The van der Waals surface area contributed by atoms with E-state index in [0.29, 0.717) is 6.61 Å². The lowest BCUT2D eigenvalue weighted by Gasteiger charge is -2.03. The van der Waals surface area contributed by atoms with Crippen LogP contribution < -0.4 is 0 Å². The molecule has 0 N–H and O–H groups in total. The van der Waals surface area contributed by atoms with Crippen LogP contribution in [0.5, 0.6) is 0 Å². The maximum Gasteiger partial charge on any atom is 0.334 e. The molecule has 150 valence electrons. The first-order valence-electron chi connectivity index (χ1n) is 10.3. The standard InChI is InChI=1S/C25H38O2/c1-20(2)10-6-11-21(3)12-7-13-22(4)14-8-15-23(5)16-9-17-24-18-19-27-25(24)26/h10,12,14,16,18H,6-9,11,13,15,17,19H2,1-5H3/b21-12+,22-14+,23-16+. The normalized spacial score (nSPS) is 15.7. The second-order valence-corrected chi connectivity index (χ2v) is 7.92. The minimum Gasteiger partial charge on any atom is -0.458 e. The summed E-state index contributed by atoms with van der Waals surface area (Å²) in [5.74, 6) is -0.138. The lowest BCUT2D eigenvalue weighted by atomic mass is 10.0. The van der Waals surface area contributed by atoms with E-state index in [4.69, 9.17) is 4.74 Å². The van der Waals surface area contributed by atoms with Gasteiger partial charge >= 0.3 is 5.97 Å². The fourth-order valence-corrected chi connectivity index (χ4v) is 3.06. The van der Waals surface area contributed by atoms with Crippen molar-refractivity contribution < 1.29 is 9.53 Å². The molecular weight excluding hydrogens is 332 g/mol. The van der Waals surface area contributed by atoms with Crippen LogP contribution in [0.25, 0.3) is 0 Å². The molecule has 0 unspecified atom stereocenters. The van der Waals surface area contributed by atoms with Gasteiger partial charge in [-0.15, -0.1) is 0 Å². The van der Waals surface area contributed by atoms with Crippen LogP contribution in [-0.4, -0.2) is 12.6 Å². The number of hydrogen-bond donors (Lipinski definition) is 0. The molecule has 1 aliphatic rings. The summed E-state index contributed by atoms with van der Waals surface area (Å²) in [6, 6.07) is 0. The van der Waals surface area contributed by atoms with Crippen molar-refractivity contribution in [3.63, 3.8) is 0 Å². The molecule has 0 fully saturated rings. The molecule has 1 aliphatic heterocycles. The van der Waals surface area contributed by atoms with Crippen LogP contribution in [0.15, 0.2) is 58.2 Å². The van der Waals surface area contributed by atoms with Gasteiger partial charge in [0.25, 0.3) is 0 Å². The Morgan fingerprint density at radius 3 is 1.74 bits per heavy atom. The summed E-state index contributed by atoms with van der Waals surface area (Å²) in [6.45, 7) is 11.4. The number of ether oxygens (including phenoxy) is 1. The Balaban J connectivity index is 2.20. The summed E-state index contributed by atoms with van der Waals surface area (Å²) in [5.41, 5.74) is 6.62. The molecule has 0 saturated heterocycles. The molecule has 0 aliphatic carbocycles. The Labute approximate surface area is 166 Å². The molecule has 0 saturated carbocycles. The van der Waals surface area contributed by atoms with E-state index in [-0.39, 0.29) is 5.97 Å². The third-order valence-electron chi connectivity index (χ3n) is 4.87. The van der Waals surface area contributed by atoms with Gasteiger partial charge in [0, 0.05) is 5.57 Å². The van der Waals surface area contributed by atoms with E-state index in [1.807, 2.05) is 6.08 Å². The number of rotatable bonds is 12. The van der Waals surface area contributed by atoms with Gasteiger partial charge in [0.2, 0.25) is 0 Å². The van der Waals surface area contributed by atoms with Crippen molar-refractivity contribution in [3.8, 4) is 0 Å². The largest absolute Gasteiger partial charge is 0.458 e. The van der Waals surface area contributed by atoms with Gasteiger partial charge in [-0.1, -0.05) is 46.6 Å². The Morgan fingerprint density at radius 2 is 1.30 bits per heavy atom. The molecule has 2 heteroatoms. The average molecular weight is 371 g/mol. The fraction of sp³-hybridized carbons (Fsp3) is 0.560. The van der Waals surface area contributed by atoms with Crippen LogP contribution in [0.1, 0.15) is 86.0 Å². The second-order valence-electron chi connectivity index (χ2n) is 7.92. The van der Waals surface area contributed by atoms with Crippen molar-refractivity contribution in [2.24, 2.45) is 0 Å². The lowest BCUT2D eigenvalue weighted by molar-refractivity contribution is -0.136. The number of esters is 1. The van der Waals surface area contributed by atoms with Crippen LogP contribution in [0.4, 0.5) is 0 Å². The highest BCUT2D eigenvalue weighted by molar-refractivity contribution is 5.90. The summed E-state index contributed by atoms with van der Waals surface area (Å²) < 4.78 is 4.92. The molecule has 0 aromatic rings. The third kappa shape index (κ3) is 11.5. The predicted octanol–water partition coefficient (Wildman–Crippen LogP) is 7.40. The summed E-state index contributed by atoms with van der Waals surface area (Å²) in [5, 5.41) is 0. The molecular formula is C25H38O2. The topological polar surface area (TPSA) is 26.3 Å². The molecule has 1 heterocycles. The molecule has 0 aromatic carbocycles. The van der Waals surface area contributed by atoms with Crippen LogP contribution >= 0.6 is 0 Å².